The van der Waals surface area contributed by atoms with Gasteiger partial charge in [0.15, 0.2) is 5.60 Å². The number of amides is 1. The summed E-state index contributed by atoms with van der Waals surface area (Å²) in [6.45, 7) is 6.33. The van der Waals surface area contributed by atoms with Crippen molar-refractivity contribution in [1.29, 1.82) is 0 Å². The van der Waals surface area contributed by atoms with Crippen molar-refractivity contribution in [2.75, 3.05) is 33.1 Å². The third-order valence-corrected chi connectivity index (χ3v) is 4.69. The highest BCUT2D eigenvalue weighted by Crippen LogP contribution is 2.29. The Morgan fingerprint density at radius 3 is 2.41 bits per heavy atom. The molecule has 0 bridgehead atoms. The molecule has 0 saturated carbocycles. The second-order valence-electron chi connectivity index (χ2n) is 7.64. The third-order valence-electron chi connectivity index (χ3n) is 4.45. The molecule has 2 rings (SSSR count). The average molecular weight is 420 g/mol. The van der Waals surface area contributed by atoms with Crippen molar-refractivity contribution in [3.05, 3.63) is 53.1 Å². The quantitative estimate of drug-likeness (QED) is 0.593. The van der Waals surface area contributed by atoms with Gasteiger partial charge in [0.2, 0.25) is 0 Å². The van der Waals surface area contributed by atoms with Crippen molar-refractivity contribution in [2.45, 2.75) is 32.3 Å². The van der Waals surface area contributed by atoms with Gasteiger partial charge < -0.3 is 14.8 Å². The van der Waals surface area contributed by atoms with Gasteiger partial charge in [-0.05, 0) is 55.7 Å². The van der Waals surface area contributed by atoms with Gasteiger partial charge in [0.05, 0.1) is 12.8 Å². The predicted molar refractivity (Wildman–Crippen MR) is 118 cm³/mol. The molecular weight excluding hydrogens is 390 g/mol. The lowest BCUT2D eigenvalue weighted by Crippen LogP contribution is -2.50. The molecule has 0 spiro atoms. The Bertz CT molecular complexity index is 823. The van der Waals surface area contributed by atoms with Gasteiger partial charge >= 0.3 is 0 Å². The van der Waals surface area contributed by atoms with Crippen LogP contribution in [-0.2, 0) is 4.79 Å². The molecule has 0 aliphatic rings. The van der Waals surface area contributed by atoms with Crippen molar-refractivity contribution in [3.63, 3.8) is 0 Å². The molecule has 0 radical (unpaired) electrons. The molecule has 0 aliphatic carbocycles. The summed E-state index contributed by atoms with van der Waals surface area (Å²) in [5.41, 5.74) is 3.75. The van der Waals surface area contributed by atoms with Crippen LogP contribution in [-0.4, -0.2) is 44.3 Å². The van der Waals surface area contributed by atoms with Crippen LogP contribution in [0.4, 0.5) is 5.69 Å². The molecule has 1 unspecified atom stereocenters. The van der Waals surface area contributed by atoms with Gasteiger partial charge in [0.1, 0.15) is 11.5 Å². The van der Waals surface area contributed by atoms with Gasteiger partial charge in [-0.1, -0.05) is 30.7 Å². The molecule has 0 saturated heterocycles. The monoisotopic (exact) mass is 419 g/mol. The Morgan fingerprint density at radius 2 is 1.83 bits per heavy atom. The second kappa shape index (κ2) is 9.85. The third kappa shape index (κ3) is 6.54. The maximum absolute atomic E-state index is 12.2. The van der Waals surface area contributed by atoms with Crippen LogP contribution in [0, 0.1) is 0 Å². The van der Waals surface area contributed by atoms with E-state index < -0.39 is 5.60 Å². The Morgan fingerprint density at radius 1 is 1.17 bits per heavy atom. The molecule has 0 aromatic heterocycles. The van der Waals surface area contributed by atoms with Crippen molar-refractivity contribution in [3.8, 4) is 11.5 Å². The normalized spacial score (nSPS) is 12.4. The van der Waals surface area contributed by atoms with Crippen LogP contribution in [0.3, 0.4) is 0 Å². The van der Waals surface area contributed by atoms with Crippen molar-refractivity contribution in [1.82, 2.24) is 10.4 Å². The number of nitrogens with one attached hydrogen (secondary N) is 2. The lowest BCUT2D eigenvalue weighted by molar-refractivity contribution is -0.138. The number of nitrogens with zero attached hydrogens (tertiary/aromatic N) is 1. The van der Waals surface area contributed by atoms with Crippen LogP contribution < -0.4 is 20.2 Å². The summed E-state index contributed by atoms with van der Waals surface area (Å²) in [4.78, 5) is 12.2. The molecule has 2 aromatic carbocycles. The number of ether oxygens (including phenoxy) is 2. The van der Waals surface area contributed by atoms with Crippen LogP contribution in [0.25, 0.3) is 0 Å². The molecule has 1 atom stereocenters. The van der Waals surface area contributed by atoms with E-state index >= 15 is 0 Å². The average Bonchev–Trinajstić information content (AvgIpc) is 2.66. The Kier molecular flexibility index (Phi) is 7.76. The van der Waals surface area contributed by atoms with Gasteiger partial charge in [-0.15, -0.1) is 0 Å². The Labute approximate surface area is 178 Å². The smallest absolute Gasteiger partial charge is 0.277 e. The van der Waals surface area contributed by atoms with Gasteiger partial charge in [-0.2, -0.15) is 0 Å². The molecule has 6 nitrogen and oxygen atoms in total. The summed E-state index contributed by atoms with van der Waals surface area (Å²) in [6.07, 6.45) is 0. The maximum atomic E-state index is 12.2. The highest BCUT2D eigenvalue weighted by molar-refractivity contribution is 6.30. The lowest BCUT2D eigenvalue weighted by atomic mass is 10.0. The summed E-state index contributed by atoms with van der Waals surface area (Å²) < 4.78 is 11.3. The lowest BCUT2D eigenvalue weighted by Gasteiger charge is -2.27. The summed E-state index contributed by atoms with van der Waals surface area (Å²) in [5.74, 6) is 1.44. The van der Waals surface area contributed by atoms with E-state index in [0.717, 1.165) is 17.0 Å². The number of benzene rings is 2. The molecule has 1 amide bonds. The summed E-state index contributed by atoms with van der Waals surface area (Å²) >= 11 is 6.09. The minimum absolute atomic E-state index is 0.209. The van der Waals surface area contributed by atoms with Crippen LogP contribution >= 0.6 is 11.6 Å². The first kappa shape index (κ1) is 22.8. The SMILES string of the molecule is COc1ccc(Cl)cc1NCC(C)c1ccc(OC(C)(C)C(=O)NN(C)C)cc1. The molecule has 0 aliphatic heterocycles. The first-order valence-electron chi connectivity index (χ1n) is 9.47. The number of carbonyl (C=O) groups excluding carboxylic acids is 1. The van der Waals surface area contributed by atoms with E-state index in [1.807, 2.05) is 36.4 Å². The first-order valence-corrected chi connectivity index (χ1v) is 9.85. The molecule has 29 heavy (non-hydrogen) atoms. The topological polar surface area (TPSA) is 62.8 Å². The van der Waals surface area contributed by atoms with Crippen LogP contribution in [0.15, 0.2) is 42.5 Å². The number of carbonyl (C=O) groups is 1. The summed E-state index contributed by atoms with van der Waals surface area (Å²) in [6, 6.07) is 13.3. The van der Waals surface area contributed by atoms with Gasteiger partial charge in [0.25, 0.3) is 5.91 Å². The van der Waals surface area contributed by atoms with Gasteiger partial charge in [-0.25, -0.2) is 5.01 Å². The molecule has 0 heterocycles. The standard InChI is InChI=1S/C22H30ClN3O3/c1-15(14-24-19-13-17(23)9-12-20(19)28-6)16-7-10-18(11-8-16)29-22(2,3)21(27)25-26(4)5/h7-13,15,24H,14H2,1-6H3,(H,25,27). The van der Waals surface area contributed by atoms with E-state index in [9.17, 15) is 4.79 Å². The van der Waals surface area contributed by atoms with Crippen LogP contribution in [0.1, 0.15) is 32.3 Å². The zero-order chi connectivity index (χ0) is 21.6. The second-order valence-corrected chi connectivity index (χ2v) is 8.08. The highest BCUT2D eigenvalue weighted by atomic mass is 35.5. The van der Waals surface area contributed by atoms with Crippen LogP contribution in [0.5, 0.6) is 11.5 Å². The number of hydrazine groups is 1. The largest absolute Gasteiger partial charge is 0.495 e. The van der Waals surface area contributed by atoms with E-state index in [0.29, 0.717) is 17.3 Å². The fraction of sp³-hybridized carbons (Fsp3) is 0.409. The van der Waals surface area contributed by atoms with Crippen molar-refractivity contribution < 1.29 is 14.3 Å². The molecular formula is C22H30ClN3O3. The minimum Gasteiger partial charge on any atom is -0.495 e. The first-order chi connectivity index (χ1) is 13.6. The molecule has 0 fully saturated rings. The number of hydrogen-bond donors (Lipinski definition) is 2. The van der Waals surface area contributed by atoms with E-state index in [1.165, 1.54) is 0 Å². The van der Waals surface area contributed by atoms with Gasteiger partial charge in [-0.3, -0.25) is 10.2 Å². The maximum Gasteiger partial charge on any atom is 0.277 e. The van der Waals surface area contributed by atoms with E-state index in [4.69, 9.17) is 21.1 Å². The van der Waals surface area contributed by atoms with Crippen LogP contribution in [0.2, 0.25) is 5.02 Å². The zero-order valence-electron chi connectivity index (χ0n) is 17.9. The van der Waals surface area contributed by atoms with E-state index in [2.05, 4.69) is 17.7 Å². The molecule has 2 N–H and O–H groups in total. The summed E-state index contributed by atoms with van der Waals surface area (Å²) in [7, 11) is 5.16. The van der Waals surface area contributed by atoms with E-state index in [1.54, 1.807) is 46.1 Å². The van der Waals surface area contributed by atoms with Crippen molar-refractivity contribution >= 4 is 23.2 Å². The number of methoxy groups -OCH3 is 1. The molecule has 2 aromatic rings. The fourth-order valence-electron chi connectivity index (χ4n) is 2.74. The number of anilines is 1. The predicted octanol–water partition coefficient (Wildman–Crippen LogP) is 4.31. The fourth-order valence-corrected chi connectivity index (χ4v) is 2.91. The highest BCUT2D eigenvalue weighted by Gasteiger charge is 2.30. The minimum atomic E-state index is -0.984. The van der Waals surface area contributed by atoms with Crippen molar-refractivity contribution in [2.24, 2.45) is 0 Å². The van der Waals surface area contributed by atoms with E-state index in [-0.39, 0.29) is 11.8 Å². The number of halogens is 1. The molecule has 158 valence electrons. The molecule has 7 heteroatoms. The van der Waals surface area contributed by atoms with Gasteiger partial charge in [0, 0.05) is 25.7 Å². The number of rotatable bonds is 9. The Balaban J connectivity index is 1.99. The number of hydrogen-bond acceptors (Lipinski definition) is 5. The Hall–Kier alpha value is -2.44. The zero-order valence-corrected chi connectivity index (χ0v) is 18.6. The summed E-state index contributed by atoms with van der Waals surface area (Å²) in [5, 5.41) is 5.64.